The molecule has 0 spiro atoms. The van der Waals surface area contributed by atoms with Gasteiger partial charge in [-0.15, -0.1) is 4.58 Å². The number of unbranched alkanes of at least 4 members (excludes halogenated alkanes) is 1. The van der Waals surface area contributed by atoms with E-state index < -0.39 is 0 Å². The molecule has 1 atom stereocenters. The number of imidazole rings is 1. The number of H-pyrrole nitrogens is 1. The number of aromatic nitrogens is 2. The number of carbonyl (C=O) groups excluding carboxylic acids is 1. The number of aryl methyl sites for hydroxylation is 1. The van der Waals surface area contributed by atoms with Crippen molar-refractivity contribution >= 4 is 17.7 Å². The number of aromatic amines is 1. The molecule has 1 aromatic heterocycles. The zero-order valence-electron chi connectivity index (χ0n) is 17.4. The first kappa shape index (κ1) is 21.0. The minimum absolute atomic E-state index is 0.0392. The molecule has 29 heavy (non-hydrogen) atoms. The molecular weight excluding hydrogens is 372 g/mol. The van der Waals surface area contributed by atoms with E-state index in [0.29, 0.717) is 48.5 Å². The van der Waals surface area contributed by atoms with Crippen LogP contribution in [0.2, 0.25) is 0 Å². The largest absolute Gasteiger partial charge is 0.472 e. The maximum Gasteiger partial charge on any atom is 0.472 e. The summed E-state index contributed by atoms with van der Waals surface area (Å²) in [5.41, 5.74) is 2.68. The van der Waals surface area contributed by atoms with E-state index in [0.717, 1.165) is 18.4 Å². The van der Waals surface area contributed by atoms with Crippen LogP contribution in [-0.4, -0.2) is 58.5 Å². The van der Waals surface area contributed by atoms with Crippen LogP contribution in [0.3, 0.4) is 0 Å². The van der Waals surface area contributed by atoms with Crippen molar-refractivity contribution in [3.63, 3.8) is 0 Å². The number of hydrogen-bond acceptors (Lipinski definition) is 3. The summed E-state index contributed by atoms with van der Waals surface area (Å²) in [5.74, 6) is 0.275. The number of ether oxygens (including phenoxy) is 1. The highest BCUT2D eigenvalue weighted by molar-refractivity contribution is 5.94. The number of nitrogens with zero attached hydrogens (tertiary/aromatic N) is 2. The van der Waals surface area contributed by atoms with Gasteiger partial charge in [0.1, 0.15) is 6.54 Å². The van der Waals surface area contributed by atoms with E-state index >= 15 is 0 Å². The topological polar surface area (TPSA) is 93.9 Å². The summed E-state index contributed by atoms with van der Waals surface area (Å²) >= 11 is 0. The summed E-state index contributed by atoms with van der Waals surface area (Å²) < 4.78 is 9.38. The third kappa shape index (κ3) is 4.33. The summed E-state index contributed by atoms with van der Waals surface area (Å²) in [4.78, 5) is 16.8. The van der Waals surface area contributed by atoms with Gasteiger partial charge in [0, 0.05) is 13.0 Å². The zero-order valence-corrected chi connectivity index (χ0v) is 17.4. The van der Waals surface area contributed by atoms with Gasteiger partial charge in [-0.1, -0.05) is 43.2 Å². The molecule has 1 amide bonds. The van der Waals surface area contributed by atoms with E-state index in [1.807, 2.05) is 35.8 Å². The molecule has 1 unspecified atom stereocenters. The molecule has 1 aromatic carbocycles. The standard InChI is InChI=1S/C21H28N4O4/c1-4-5-13-29-20-22-18-17(25(20)14-16-9-7-15(2)8-10-16)19(27)24(11-6-12-26)21(28)23(18)3/h7-10,26H,4-6,11-14H2,1-3H3/p+3. The van der Waals surface area contributed by atoms with Crippen molar-refractivity contribution in [2.75, 3.05) is 26.8 Å². The van der Waals surface area contributed by atoms with Gasteiger partial charge in [0.05, 0.1) is 20.2 Å². The van der Waals surface area contributed by atoms with Gasteiger partial charge < -0.3 is 14.9 Å². The van der Waals surface area contributed by atoms with Crippen molar-refractivity contribution in [1.82, 2.24) is 4.98 Å². The predicted octanol–water partition coefficient (Wildman–Crippen LogP) is 0.447. The Morgan fingerprint density at radius 2 is 1.93 bits per heavy atom. The molecule has 0 saturated carbocycles. The first-order valence-electron chi connectivity index (χ1n) is 10.1. The Balaban J connectivity index is 2.04. The number of amides is 1. The van der Waals surface area contributed by atoms with Gasteiger partial charge in [-0.25, -0.2) is 4.79 Å². The third-order valence-electron chi connectivity index (χ3n) is 5.16. The molecule has 4 N–H and O–H groups in total. The number of benzene rings is 1. The lowest BCUT2D eigenvalue weighted by Crippen LogP contribution is -3.19. The smallest absolute Gasteiger partial charge is 0.435 e. The van der Waals surface area contributed by atoms with Crippen LogP contribution in [0.15, 0.2) is 24.3 Å². The van der Waals surface area contributed by atoms with E-state index in [1.54, 1.807) is 11.6 Å². The van der Waals surface area contributed by atoms with E-state index in [2.05, 4.69) is 11.9 Å². The first-order valence-corrected chi connectivity index (χ1v) is 10.1. The highest BCUT2D eigenvalue weighted by Gasteiger charge is 2.48. The molecule has 3 rings (SSSR count). The van der Waals surface area contributed by atoms with E-state index in [-0.39, 0.29) is 18.5 Å². The van der Waals surface area contributed by atoms with E-state index in [9.17, 15) is 9.90 Å². The van der Waals surface area contributed by atoms with Crippen LogP contribution in [0.25, 0.3) is 0 Å². The Kier molecular flexibility index (Phi) is 6.66. The number of aliphatic hydroxyl groups is 2. The number of carbonyl (C=O) groups is 1. The van der Waals surface area contributed by atoms with Crippen LogP contribution in [0.4, 0.5) is 5.82 Å². The van der Waals surface area contributed by atoms with E-state index in [4.69, 9.17) is 9.84 Å². The van der Waals surface area contributed by atoms with Gasteiger partial charge in [0.2, 0.25) is 0 Å². The van der Waals surface area contributed by atoms with Crippen LogP contribution in [0.1, 0.15) is 47.8 Å². The van der Waals surface area contributed by atoms with Crippen LogP contribution < -0.4 is 14.2 Å². The molecule has 8 nitrogen and oxygen atoms in total. The molecule has 1 aliphatic rings. The fourth-order valence-electron chi connectivity index (χ4n) is 3.42. The monoisotopic (exact) mass is 403 g/mol. The maximum atomic E-state index is 13.3. The summed E-state index contributed by atoms with van der Waals surface area (Å²) in [6.45, 7) is 5.42. The van der Waals surface area contributed by atoms with Gasteiger partial charge in [-0.05, 0) is 18.9 Å². The maximum absolute atomic E-state index is 13.3. The fraction of sp³-hybridized carbons (Fsp3) is 0.476. The number of fused-ring (bicyclic) bond motifs is 1. The fourth-order valence-corrected chi connectivity index (χ4v) is 3.42. The number of nitrogens with one attached hydrogen (secondary N) is 2. The molecular formula is C21H31N4O4+3. The van der Waals surface area contributed by atoms with E-state index in [1.165, 1.54) is 5.56 Å². The Bertz CT molecular complexity index is 902. The van der Waals surface area contributed by atoms with Gasteiger partial charge in [0.25, 0.3) is 0 Å². The molecule has 1 aliphatic heterocycles. The van der Waals surface area contributed by atoms with Crippen molar-refractivity contribution in [3.05, 3.63) is 41.1 Å². The highest BCUT2D eigenvalue weighted by atomic mass is 16.5. The lowest BCUT2D eigenvalue weighted by atomic mass is 10.1. The second-order valence-corrected chi connectivity index (χ2v) is 7.42. The summed E-state index contributed by atoms with van der Waals surface area (Å²) in [5, 5.41) is 19.7. The van der Waals surface area contributed by atoms with Crippen molar-refractivity contribution in [1.29, 1.82) is 0 Å². The van der Waals surface area contributed by atoms with Crippen molar-refractivity contribution in [3.8, 4) is 6.01 Å². The number of aliphatic hydroxyl groups excluding tert-OH is 2. The molecule has 8 heteroatoms. The zero-order chi connectivity index (χ0) is 21.0. The van der Waals surface area contributed by atoms with Gasteiger partial charge >= 0.3 is 29.5 Å². The predicted molar refractivity (Wildman–Crippen MR) is 107 cm³/mol. The molecule has 2 aromatic rings. The van der Waals surface area contributed by atoms with Gasteiger partial charge in [-0.3, -0.25) is 0 Å². The summed E-state index contributed by atoms with van der Waals surface area (Å²) in [7, 11) is 1.71. The van der Waals surface area contributed by atoms with Crippen LogP contribution in [0, 0.1) is 6.92 Å². The van der Waals surface area contributed by atoms with Crippen LogP contribution >= 0.6 is 0 Å². The summed E-state index contributed by atoms with van der Waals surface area (Å²) in [6.07, 6.45) is 2.32. The number of rotatable bonds is 9. The first-order chi connectivity index (χ1) is 14.0. The van der Waals surface area contributed by atoms with Crippen molar-refractivity contribution in [2.45, 2.75) is 39.7 Å². The molecule has 2 heterocycles. The molecule has 0 aliphatic carbocycles. The minimum atomic E-state index is -0.238. The Morgan fingerprint density at radius 3 is 2.59 bits per heavy atom. The molecule has 156 valence electrons. The van der Waals surface area contributed by atoms with Crippen molar-refractivity contribution in [2.24, 2.45) is 0 Å². The van der Waals surface area contributed by atoms with Gasteiger partial charge in [0.15, 0.2) is 0 Å². The van der Waals surface area contributed by atoms with Crippen molar-refractivity contribution < 1.29 is 33.8 Å². The Labute approximate surface area is 170 Å². The Morgan fingerprint density at radius 1 is 1.21 bits per heavy atom. The second-order valence-electron chi connectivity index (χ2n) is 7.42. The Hall–Kier alpha value is -2.71. The van der Waals surface area contributed by atoms with Gasteiger partial charge in [-0.2, -0.15) is 14.5 Å². The lowest BCUT2D eigenvalue weighted by Gasteiger charge is -2.16. The summed E-state index contributed by atoms with van der Waals surface area (Å²) in [6, 6.07) is 8.57. The molecule has 0 radical (unpaired) electrons. The highest BCUT2D eigenvalue weighted by Crippen LogP contribution is 2.20. The average molecular weight is 404 g/mol. The van der Waals surface area contributed by atoms with Crippen LogP contribution in [0.5, 0.6) is 6.01 Å². The minimum Gasteiger partial charge on any atom is -0.435 e. The number of quaternary nitrogens is 1. The molecule has 0 saturated heterocycles. The third-order valence-corrected chi connectivity index (χ3v) is 5.16. The number of amidine groups is 1. The lowest BCUT2D eigenvalue weighted by molar-refractivity contribution is -0.776. The normalized spacial score (nSPS) is 16.3. The molecule has 0 bridgehead atoms. The molecule has 0 fully saturated rings. The number of hydrogen-bond donors (Lipinski definition) is 4. The van der Waals surface area contributed by atoms with Crippen LogP contribution in [-0.2, 0) is 6.54 Å². The SMILES string of the molecule is CCCCOc1[nH]c2c([n+]1Cc1ccc(C)cc1)C(=O)[NH+](CCCO)C(O)=[N+]2C. The second kappa shape index (κ2) is 9.19. The average Bonchev–Trinajstić information content (AvgIpc) is 3.07. The quantitative estimate of drug-likeness (QED) is 0.361.